The van der Waals surface area contributed by atoms with Gasteiger partial charge in [-0.05, 0) is 79.6 Å². The topological polar surface area (TPSA) is 38.7 Å². The Bertz CT molecular complexity index is 2950. The van der Waals surface area contributed by atoms with Crippen molar-refractivity contribution in [1.82, 2.24) is 15.0 Å². The van der Waals surface area contributed by atoms with Gasteiger partial charge in [0.1, 0.15) is 0 Å². The van der Waals surface area contributed by atoms with E-state index in [2.05, 4.69) is 164 Å². The molecular formula is C57H43N3. The van der Waals surface area contributed by atoms with Gasteiger partial charge >= 0.3 is 0 Å². The van der Waals surface area contributed by atoms with Gasteiger partial charge in [-0.1, -0.05) is 219 Å². The first-order valence-electron chi connectivity index (χ1n) is 21.2. The van der Waals surface area contributed by atoms with Gasteiger partial charge in [0.2, 0.25) is 0 Å². The molecule has 1 saturated carbocycles. The first-order chi connectivity index (χ1) is 29.7. The zero-order chi connectivity index (χ0) is 39.9. The molecule has 0 N–H and O–H groups in total. The van der Waals surface area contributed by atoms with Gasteiger partial charge in [0.15, 0.2) is 17.5 Å². The van der Waals surface area contributed by atoms with Crippen molar-refractivity contribution in [2.24, 2.45) is 0 Å². The normalized spacial score (nSPS) is 13.8. The lowest BCUT2D eigenvalue weighted by Gasteiger charge is -2.36. The Morgan fingerprint density at radius 3 is 1.12 bits per heavy atom. The van der Waals surface area contributed by atoms with E-state index in [0.29, 0.717) is 17.5 Å². The molecule has 0 unspecified atom stereocenters. The zero-order valence-corrected chi connectivity index (χ0v) is 33.4. The van der Waals surface area contributed by atoms with Crippen molar-refractivity contribution < 1.29 is 0 Å². The van der Waals surface area contributed by atoms with Crippen LogP contribution in [0.1, 0.15) is 43.2 Å². The highest BCUT2D eigenvalue weighted by Gasteiger charge is 2.44. The fourth-order valence-corrected chi connectivity index (χ4v) is 9.74. The van der Waals surface area contributed by atoms with Gasteiger partial charge in [-0.25, -0.2) is 15.0 Å². The van der Waals surface area contributed by atoms with Crippen molar-refractivity contribution in [3.63, 3.8) is 0 Å². The van der Waals surface area contributed by atoms with Crippen LogP contribution < -0.4 is 0 Å². The molecule has 60 heavy (non-hydrogen) atoms. The molecule has 1 fully saturated rings. The molecule has 0 radical (unpaired) electrons. The van der Waals surface area contributed by atoms with Crippen molar-refractivity contribution in [1.29, 1.82) is 0 Å². The van der Waals surface area contributed by atoms with Crippen molar-refractivity contribution in [2.45, 2.75) is 37.5 Å². The number of benzene rings is 8. The highest BCUT2D eigenvalue weighted by molar-refractivity contribution is 5.93. The van der Waals surface area contributed by atoms with E-state index < -0.39 is 0 Å². The standard InChI is InChI=1S/C57H43N3/c1-4-13-39(14-5-1)40-27-33-47(34-28-40)55-58-54(46-15-6-2-7-16-46)59-56(60-55)48-35-29-44(30-36-48)42-23-21-41(22-24-42)43-25-31-45(32-26-43)49-18-12-20-52-53(49)50-17-8-9-19-51(50)57(52)37-10-3-11-38-57/h1-2,4-9,12-36H,3,10-11,37-38H2. The number of nitrogens with zero attached hydrogens (tertiary/aromatic N) is 3. The summed E-state index contributed by atoms with van der Waals surface area (Å²) in [6.45, 7) is 0. The van der Waals surface area contributed by atoms with Gasteiger partial charge in [-0.3, -0.25) is 0 Å². The first kappa shape index (κ1) is 35.9. The third-order valence-corrected chi connectivity index (χ3v) is 12.8. The molecule has 1 heterocycles. The van der Waals surface area contributed by atoms with Gasteiger partial charge in [-0.15, -0.1) is 0 Å². The quantitative estimate of drug-likeness (QED) is 0.162. The van der Waals surface area contributed by atoms with E-state index in [1.807, 2.05) is 36.4 Å². The van der Waals surface area contributed by atoms with E-state index in [1.54, 1.807) is 0 Å². The molecule has 2 aliphatic carbocycles. The minimum Gasteiger partial charge on any atom is -0.208 e. The zero-order valence-electron chi connectivity index (χ0n) is 33.4. The van der Waals surface area contributed by atoms with Crippen LogP contribution in [0, 0.1) is 0 Å². The van der Waals surface area contributed by atoms with Crippen LogP contribution in [-0.2, 0) is 5.41 Å². The Hall–Kier alpha value is -7.23. The number of hydrogen-bond acceptors (Lipinski definition) is 3. The van der Waals surface area contributed by atoms with E-state index in [4.69, 9.17) is 15.0 Å². The molecular weight excluding hydrogens is 727 g/mol. The Balaban J connectivity index is 0.852. The molecule has 0 saturated heterocycles. The molecule has 1 aromatic heterocycles. The molecule has 1 spiro atoms. The maximum atomic E-state index is 5.00. The maximum absolute atomic E-state index is 5.00. The van der Waals surface area contributed by atoms with Crippen LogP contribution in [0.25, 0.3) is 89.8 Å². The Morgan fingerprint density at radius 2 is 0.617 bits per heavy atom. The minimum atomic E-state index is 0.168. The molecule has 8 aromatic carbocycles. The summed E-state index contributed by atoms with van der Waals surface area (Å²) in [6.07, 6.45) is 6.46. The van der Waals surface area contributed by atoms with Crippen LogP contribution in [0.3, 0.4) is 0 Å². The molecule has 11 rings (SSSR count). The fraction of sp³-hybridized carbons (Fsp3) is 0.105. The number of rotatable bonds is 7. The van der Waals surface area contributed by atoms with E-state index >= 15 is 0 Å². The lowest BCUT2D eigenvalue weighted by Crippen LogP contribution is -2.27. The monoisotopic (exact) mass is 769 g/mol. The van der Waals surface area contributed by atoms with Crippen LogP contribution in [-0.4, -0.2) is 15.0 Å². The summed E-state index contributed by atoms with van der Waals surface area (Å²) in [5.74, 6) is 1.95. The Kier molecular flexibility index (Phi) is 9.08. The van der Waals surface area contributed by atoms with Crippen LogP contribution >= 0.6 is 0 Å². The van der Waals surface area contributed by atoms with Gasteiger partial charge in [0.25, 0.3) is 0 Å². The van der Waals surface area contributed by atoms with Crippen molar-refractivity contribution in [3.8, 4) is 89.8 Å². The number of aromatic nitrogens is 3. The number of hydrogen-bond donors (Lipinski definition) is 0. The molecule has 3 nitrogen and oxygen atoms in total. The summed E-state index contributed by atoms with van der Waals surface area (Å²) in [4.78, 5) is 14.9. The molecule has 3 heteroatoms. The lowest BCUT2D eigenvalue weighted by atomic mass is 9.68. The molecule has 2 aliphatic rings. The predicted octanol–water partition coefficient (Wildman–Crippen LogP) is 14.8. The molecule has 0 bridgehead atoms. The van der Waals surface area contributed by atoms with Gasteiger partial charge in [0.05, 0.1) is 0 Å². The fourth-order valence-electron chi connectivity index (χ4n) is 9.74. The molecule has 9 aromatic rings. The second kappa shape index (κ2) is 15.2. The second-order valence-electron chi connectivity index (χ2n) is 16.3. The third kappa shape index (κ3) is 6.44. The first-order valence-corrected chi connectivity index (χ1v) is 21.2. The van der Waals surface area contributed by atoms with Crippen molar-refractivity contribution in [3.05, 3.63) is 211 Å². The van der Waals surface area contributed by atoms with E-state index in [0.717, 1.165) is 33.4 Å². The van der Waals surface area contributed by atoms with E-state index in [1.165, 1.54) is 82.2 Å². The highest BCUT2D eigenvalue weighted by Crippen LogP contribution is 2.57. The maximum Gasteiger partial charge on any atom is 0.164 e. The highest BCUT2D eigenvalue weighted by atomic mass is 15.0. The summed E-state index contributed by atoms with van der Waals surface area (Å²) < 4.78 is 0. The molecule has 0 atom stereocenters. The van der Waals surface area contributed by atoms with Crippen LogP contribution in [0.5, 0.6) is 0 Å². The van der Waals surface area contributed by atoms with Crippen LogP contribution in [0.2, 0.25) is 0 Å². The van der Waals surface area contributed by atoms with Gasteiger partial charge in [-0.2, -0.15) is 0 Å². The summed E-state index contributed by atoms with van der Waals surface area (Å²) in [7, 11) is 0. The summed E-state index contributed by atoms with van der Waals surface area (Å²) in [6, 6.07) is 71.8. The van der Waals surface area contributed by atoms with Crippen molar-refractivity contribution >= 4 is 0 Å². The van der Waals surface area contributed by atoms with E-state index in [-0.39, 0.29) is 5.41 Å². The second-order valence-corrected chi connectivity index (χ2v) is 16.3. The van der Waals surface area contributed by atoms with E-state index in [9.17, 15) is 0 Å². The average Bonchev–Trinajstić information content (AvgIpc) is 3.60. The van der Waals surface area contributed by atoms with Gasteiger partial charge < -0.3 is 0 Å². The Labute approximate surface area is 352 Å². The largest absolute Gasteiger partial charge is 0.208 e. The molecule has 0 aliphatic heterocycles. The third-order valence-electron chi connectivity index (χ3n) is 12.8. The molecule has 286 valence electrons. The average molecular weight is 770 g/mol. The lowest BCUT2D eigenvalue weighted by molar-refractivity contribution is 0.353. The predicted molar refractivity (Wildman–Crippen MR) is 247 cm³/mol. The molecule has 0 amide bonds. The van der Waals surface area contributed by atoms with Crippen LogP contribution in [0.4, 0.5) is 0 Å². The SMILES string of the molecule is c1ccc(-c2ccc(-c3nc(-c4ccccc4)nc(-c4ccc(-c5ccc(-c6ccc(-c7cccc8c7-c7ccccc7C87CCCCC7)cc6)cc5)cc4)n3)cc2)cc1. The summed E-state index contributed by atoms with van der Waals surface area (Å²) in [5, 5.41) is 0. The summed E-state index contributed by atoms with van der Waals surface area (Å²) in [5.41, 5.74) is 18.6. The smallest absolute Gasteiger partial charge is 0.164 e. The van der Waals surface area contributed by atoms with Crippen molar-refractivity contribution in [2.75, 3.05) is 0 Å². The summed E-state index contributed by atoms with van der Waals surface area (Å²) >= 11 is 0. The van der Waals surface area contributed by atoms with Crippen LogP contribution in [0.15, 0.2) is 200 Å². The minimum absolute atomic E-state index is 0.168. The Morgan fingerprint density at radius 1 is 0.267 bits per heavy atom. The van der Waals surface area contributed by atoms with Gasteiger partial charge in [0, 0.05) is 22.1 Å². The number of fused-ring (bicyclic) bond motifs is 5.